The Kier molecular flexibility index (Phi) is 66.8. The van der Waals surface area contributed by atoms with Crippen molar-refractivity contribution in [2.45, 2.75) is 0 Å². The van der Waals surface area contributed by atoms with Crippen molar-refractivity contribution in [1.29, 1.82) is 0 Å². The third-order valence-corrected chi connectivity index (χ3v) is 0.556. The van der Waals surface area contributed by atoms with Crippen LogP contribution in [0.25, 0.3) is 0 Å². The molecule has 5 radical (unpaired) electrons. The molecule has 1 unspecified atom stereocenters. The van der Waals surface area contributed by atoms with Gasteiger partial charge in [0, 0.05) is 42.8 Å². The van der Waals surface area contributed by atoms with Crippen molar-refractivity contribution in [3.63, 3.8) is 0 Å². The van der Waals surface area contributed by atoms with Crippen LogP contribution in [0.5, 0.6) is 0 Å². The fourth-order valence-electron chi connectivity index (χ4n) is 0.321. The van der Waals surface area contributed by atoms with Gasteiger partial charge >= 0.3 is 0 Å². The molecule has 1 saturated carbocycles. The topological polar surface area (TPSA) is 68.0 Å². The minimum atomic E-state index is 0. The molecule has 1 rings (SSSR count). The molecule has 0 bridgehead atoms. The molecule has 0 aliphatic heterocycles. The van der Waals surface area contributed by atoms with E-state index in [9.17, 15) is 0 Å². The van der Waals surface area contributed by atoms with E-state index in [4.69, 9.17) is 0 Å². The van der Waals surface area contributed by atoms with Gasteiger partial charge in [-0.15, -0.1) is 0 Å². The minimum Gasteiger partial charge on any atom is -0.412 e. The molecule has 10 heavy (non-hydrogen) atoms. The molecule has 1 aliphatic rings. The standard InChI is InChI=1S/C5H5.H3N.H2O.H3P.Ti.W/c1-2-4-5-3-1;;;;;/h1-5H;1H3;1H2;1H3;;/p+1. The third-order valence-electron chi connectivity index (χ3n) is 0.556. The van der Waals surface area contributed by atoms with Crippen molar-refractivity contribution < 1.29 is 48.3 Å². The van der Waals surface area contributed by atoms with Gasteiger partial charge in [0.2, 0.25) is 0 Å². The quantitative estimate of drug-likeness (QED) is 0.482. The predicted octanol–water partition coefficient (Wildman–Crippen LogP) is 0.626. The predicted molar refractivity (Wildman–Crippen MR) is 42.2 cm³/mol. The first-order chi connectivity index (χ1) is 2.50. The van der Waals surface area contributed by atoms with Crippen molar-refractivity contribution >= 4 is 9.90 Å². The van der Waals surface area contributed by atoms with E-state index in [2.05, 4.69) is 0 Å². The maximum Gasteiger partial charge on any atom is 0 e. The Bertz CT molecular complexity index is 33.2. The third kappa shape index (κ3) is 16.4. The zero-order valence-electron chi connectivity index (χ0n) is 6.00. The van der Waals surface area contributed by atoms with E-state index in [1.807, 2.05) is 32.1 Å². The van der Waals surface area contributed by atoms with Crippen molar-refractivity contribution in [1.82, 2.24) is 6.15 Å². The van der Waals surface area contributed by atoms with Crippen LogP contribution in [-0.2, 0) is 42.8 Å². The molecule has 6 N–H and O–H groups in total. The molecule has 0 amide bonds. The molecule has 0 aromatic heterocycles. The molecule has 1 aliphatic carbocycles. The molecule has 59 valence electrons. The van der Waals surface area contributed by atoms with E-state index in [1.165, 1.54) is 0 Å². The Hall–Kier alpha value is 1.75. The average Bonchev–Trinajstić information content (AvgIpc) is 1.76. The van der Waals surface area contributed by atoms with Gasteiger partial charge in [0.25, 0.3) is 0 Å². The summed E-state index contributed by atoms with van der Waals surface area (Å²) in [7, 11) is 0. The second-order valence-electron chi connectivity index (χ2n) is 0.962. The Balaban J connectivity index is -0.0000000167. The summed E-state index contributed by atoms with van der Waals surface area (Å²) in [6, 6.07) is 0. The summed E-state index contributed by atoms with van der Waals surface area (Å²) in [5.74, 6) is 0. The maximum atomic E-state index is 2.00. The number of rotatable bonds is 0. The van der Waals surface area contributed by atoms with Crippen molar-refractivity contribution in [3.05, 3.63) is 32.1 Å². The van der Waals surface area contributed by atoms with Crippen LogP contribution in [0.4, 0.5) is 0 Å². The first kappa shape index (κ1) is 29.8. The van der Waals surface area contributed by atoms with E-state index in [1.54, 1.807) is 0 Å². The van der Waals surface area contributed by atoms with Crippen LogP contribution in [0, 0.1) is 32.1 Å². The van der Waals surface area contributed by atoms with Crippen LogP contribution < -0.4 is 6.15 Å². The van der Waals surface area contributed by atoms with Gasteiger partial charge in [0.15, 0.2) is 0 Å². The molecular formula is C5H14NOPTiW+. The summed E-state index contributed by atoms with van der Waals surface area (Å²) in [6.45, 7) is 0. The van der Waals surface area contributed by atoms with Gasteiger partial charge in [0.05, 0.1) is 0 Å². The molecule has 0 heterocycles. The van der Waals surface area contributed by atoms with Gasteiger partial charge in [-0.25, -0.2) is 0 Å². The zero-order chi connectivity index (χ0) is 3.54. The Morgan fingerprint density at radius 1 is 0.700 bits per heavy atom. The van der Waals surface area contributed by atoms with E-state index >= 15 is 0 Å². The average molecular weight is 367 g/mol. The van der Waals surface area contributed by atoms with Gasteiger partial charge in [-0.05, 0) is 32.1 Å². The molecule has 5 heteroatoms. The minimum absolute atomic E-state index is 0. The molecule has 0 spiro atoms. The zero-order valence-corrected chi connectivity index (χ0v) is 11.9. The summed E-state index contributed by atoms with van der Waals surface area (Å²) >= 11 is 0. The van der Waals surface area contributed by atoms with E-state index < -0.39 is 0 Å². The molecule has 0 aromatic rings. The largest absolute Gasteiger partial charge is 0.412 e. The second kappa shape index (κ2) is 22.4. The summed E-state index contributed by atoms with van der Waals surface area (Å²) in [5.41, 5.74) is 0. The van der Waals surface area contributed by atoms with E-state index in [0.29, 0.717) is 0 Å². The summed E-state index contributed by atoms with van der Waals surface area (Å²) in [4.78, 5) is 0. The fraction of sp³-hybridized carbons (Fsp3) is 0. The number of quaternary nitrogens is 1. The van der Waals surface area contributed by atoms with Crippen LogP contribution in [0.15, 0.2) is 0 Å². The van der Waals surface area contributed by atoms with Crippen LogP contribution >= 0.6 is 9.90 Å². The smallest absolute Gasteiger partial charge is 0 e. The first-order valence-electron chi connectivity index (χ1n) is 1.67. The monoisotopic (exact) mass is 367 g/mol. The van der Waals surface area contributed by atoms with Gasteiger partial charge < -0.3 is 11.6 Å². The van der Waals surface area contributed by atoms with E-state index in [-0.39, 0.29) is 64.3 Å². The Labute approximate surface area is 96.0 Å². The van der Waals surface area contributed by atoms with Crippen LogP contribution in [0.3, 0.4) is 0 Å². The normalized spacial score (nSPS) is 12.0. The van der Waals surface area contributed by atoms with Crippen molar-refractivity contribution in [3.8, 4) is 0 Å². The second-order valence-corrected chi connectivity index (χ2v) is 0.962. The van der Waals surface area contributed by atoms with Crippen molar-refractivity contribution in [2.24, 2.45) is 0 Å². The van der Waals surface area contributed by atoms with Crippen LogP contribution in [0.1, 0.15) is 0 Å². The van der Waals surface area contributed by atoms with Gasteiger partial charge in [-0.2, -0.15) is 9.90 Å². The van der Waals surface area contributed by atoms with E-state index in [0.717, 1.165) is 0 Å². The van der Waals surface area contributed by atoms with Crippen molar-refractivity contribution in [2.75, 3.05) is 0 Å². The van der Waals surface area contributed by atoms with Gasteiger partial charge in [0.1, 0.15) is 0 Å². The van der Waals surface area contributed by atoms with Crippen LogP contribution in [0.2, 0.25) is 0 Å². The SMILES string of the molecule is O.P.[CH]1[CH][CH][CH][CH]1.[NH4+].[Ti].[W]. The molecule has 2 nitrogen and oxygen atoms in total. The summed E-state index contributed by atoms with van der Waals surface area (Å²) in [6.07, 6.45) is 10.0. The molecule has 0 saturated heterocycles. The Morgan fingerprint density at radius 3 is 0.900 bits per heavy atom. The molecule has 1 atom stereocenters. The number of hydrogen-bond donors (Lipinski definition) is 1. The van der Waals surface area contributed by atoms with Crippen LogP contribution in [-0.4, -0.2) is 5.48 Å². The Morgan fingerprint density at radius 2 is 0.800 bits per heavy atom. The maximum absolute atomic E-state index is 2.00. The number of hydrogen-bond acceptors (Lipinski definition) is 0. The van der Waals surface area contributed by atoms with Gasteiger partial charge in [-0.3, -0.25) is 0 Å². The molecule has 0 aromatic carbocycles. The summed E-state index contributed by atoms with van der Waals surface area (Å²) in [5, 5.41) is 0. The summed E-state index contributed by atoms with van der Waals surface area (Å²) < 4.78 is 0. The fourth-order valence-corrected chi connectivity index (χ4v) is 0.321. The van der Waals surface area contributed by atoms with Gasteiger partial charge in [-0.1, -0.05) is 0 Å². The molecule has 1 fully saturated rings. The molecular weight excluding hydrogens is 353 g/mol. The first-order valence-corrected chi connectivity index (χ1v) is 1.67.